The van der Waals surface area contributed by atoms with Gasteiger partial charge in [-0.3, -0.25) is 9.58 Å². The first kappa shape index (κ1) is 12.4. The third kappa shape index (κ3) is 3.44. The Bertz CT molecular complexity index is 374. The van der Waals surface area contributed by atoms with Crippen LogP contribution >= 0.6 is 0 Å². The molecule has 0 amide bonds. The molecule has 1 fully saturated rings. The van der Waals surface area contributed by atoms with E-state index in [0.717, 1.165) is 26.2 Å². The lowest BCUT2D eigenvalue weighted by Gasteiger charge is -2.41. The molecule has 0 aromatic carbocycles. The Morgan fingerprint density at radius 2 is 2.29 bits per heavy atom. The molecule has 1 aliphatic rings. The Hall–Kier alpha value is -1.07. The van der Waals surface area contributed by atoms with Crippen LogP contribution in [0.1, 0.15) is 20.8 Å². The fourth-order valence-corrected chi connectivity index (χ4v) is 2.50. The number of aromatic nitrogens is 2. The number of hydrogen-bond acceptors (Lipinski definition) is 4. The van der Waals surface area contributed by atoms with E-state index in [1.165, 1.54) is 0 Å². The van der Waals surface area contributed by atoms with Gasteiger partial charge >= 0.3 is 0 Å². The quantitative estimate of drug-likeness (QED) is 0.852. The summed E-state index contributed by atoms with van der Waals surface area (Å²) in [5.74, 6) is 0.584. The minimum atomic E-state index is -0.0548. The molecule has 2 rings (SSSR count). The molecule has 5 nitrogen and oxygen atoms in total. The summed E-state index contributed by atoms with van der Waals surface area (Å²) in [6.45, 7) is 10.2. The van der Waals surface area contributed by atoms with Crippen molar-refractivity contribution in [1.29, 1.82) is 0 Å². The Morgan fingerprint density at radius 1 is 1.53 bits per heavy atom. The number of hydrogen-bond donors (Lipinski definition) is 1. The molecule has 2 heterocycles. The van der Waals surface area contributed by atoms with E-state index < -0.39 is 0 Å². The predicted molar refractivity (Wildman–Crippen MR) is 67.7 cm³/mol. The number of morpholine rings is 1. The largest absolute Gasteiger partial charge is 0.382 e. The van der Waals surface area contributed by atoms with Crippen molar-refractivity contribution < 1.29 is 4.74 Å². The fourth-order valence-electron chi connectivity index (χ4n) is 2.50. The van der Waals surface area contributed by atoms with Gasteiger partial charge in [0.25, 0.3) is 0 Å². The molecular formula is C12H22N4O. The maximum atomic E-state index is 5.88. The van der Waals surface area contributed by atoms with Gasteiger partial charge in [-0.2, -0.15) is 5.10 Å². The lowest BCUT2D eigenvalue weighted by molar-refractivity contribution is -0.129. The molecule has 96 valence electrons. The van der Waals surface area contributed by atoms with E-state index in [1.54, 1.807) is 0 Å². The van der Waals surface area contributed by atoms with Crippen molar-refractivity contribution in [2.45, 2.75) is 39.0 Å². The first-order valence-electron chi connectivity index (χ1n) is 6.14. The fraction of sp³-hybridized carbons (Fsp3) is 0.750. The van der Waals surface area contributed by atoms with E-state index in [9.17, 15) is 0 Å². The number of ether oxygens (including phenoxy) is 1. The van der Waals surface area contributed by atoms with Crippen LogP contribution in [0.4, 0.5) is 5.82 Å². The highest BCUT2D eigenvalue weighted by Gasteiger charge is 2.30. The Labute approximate surface area is 103 Å². The van der Waals surface area contributed by atoms with Crippen molar-refractivity contribution in [2.24, 2.45) is 0 Å². The van der Waals surface area contributed by atoms with Crippen LogP contribution < -0.4 is 5.73 Å². The van der Waals surface area contributed by atoms with Crippen molar-refractivity contribution in [2.75, 3.05) is 25.4 Å². The predicted octanol–water partition coefficient (Wildman–Crippen LogP) is 0.965. The minimum Gasteiger partial charge on any atom is -0.382 e. The normalized spacial score (nSPS) is 25.0. The highest BCUT2D eigenvalue weighted by atomic mass is 16.5. The first-order valence-corrected chi connectivity index (χ1v) is 6.14. The van der Waals surface area contributed by atoms with E-state index in [1.807, 2.05) is 16.9 Å². The van der Waals surface area contributed by atoms with Crippen molar-refractivity contribution in [3.05, 3.63) is 12.3 Å². The van der Waals surface area contributed by atoms with Crippen LogP contribution in [-0.2, 0) is 11.3 Å². The molecule has 1 atom stereocenters. The molecule has 5 heteroatoms. The molecule has 17 heavy (non-hydrogen) atoms. The third-order valence-corrected chi connectivity index (χ3v) is 2.95. The molecular weight excluding hydrogens is 216 g/mol. The molecule has 0 saturated carbocycles. The van der Waals surface area contributed by atoms with E-state index in [2.05, 4.69) is 30.8 Å². The van der Waals surface area contributed by atoms with E-state index in [-0.39, 0.29) is 5.60 Å². The van der Waals surface area contributed by atoms with Gasteiger partial charge in [-0.05, 0) is 26.8 Å². The Balaban J connectivity index is 1.86. The van der Waals surface area contributed by atoms with Crippen molar-refractivity contribution in [3.63, 3.8) is 0 Å². The van der Waals surface area contributed by atoms with Gasteiger partial charge < -0.3 is 10.5 Å². The zero-order valence-electron chi connectivity index (χ0n) is 10.9. The van der Waals surface area contributed by atoms with Crippen LogP contribution in [0.5, 0.6) is 0 Å². The Morgan fingerprint density at radius 3 is 2.88 bits per heavy atom. The topological polar surface area (TPSA) is 56.3 Å². The van der Waals surface area contributed by atoms with E-state index >= 15 is 0 Å². The number of nitrogens with two attached hydrogens (primary N) is 1. The van der Waals surface area contributed by atoms with Crippen LogP contribution in [0.25, 0.3) is 0 Å². The van der Waals surface area contributed by atoms with Gasteiger partial charge in [-0.15, -0.1) is 0 Å². The van der Waals surface area contributed by atoms with Crippen molar-refractivity contribution in [1.82, 2.24) is 14.7 Å². The first-order chi connectivity index (χ1) is 7.94. The lowest BCUT2D eigenvalue weighted by atomic mass is 10.1. The van der Waals surface area contributed by atoms with Crippen molar-refractivity contribution in [3.8, 4) is 0 Å². The zero-order valence-corrected chi connectivity index (χ0v) is 10.9. The van der Waals surface area contributed by atoms with Gasteiger partial charge in [0.1, 0.15) is 5.82 Å². The minimum absolute atomic E-state index is 0.0548. The third-order valence-electron chi connectivity index (χ3n) is 2.95. The summed E-state index contributed by atoms with van der Waals surface area (Å²) >= 11 is 0. The van der Waals surface area contributed by atoms with Gasteiger partial charge in [-0.25, -0.2) is 0 Å². The standard InChI is InChI=1S/C12H22N4O/c1-10-8-15(9-12(2,3)17-10)6-7-16-5-4-11(13)14-16/h4-5,10H,6-9H2,1-3H3,(H2,13,14). The highest BCUT2D eigenvalue weighted by Crippen LogP contribution is 2.20. The molecule has 0 spiro atoms. The van der Waals surface area contributed by atoms with Gasteiger partial charge in [0, 0.05) is 25.8 Å². The molecule has 0 bridgehead atoms. The van der Waals surface area contributed by atoms with Crippen LogP contribution in [-0.4, -0.2) is 46.0 Å². The lowest BCUT2D eigenvalue weighted by Crippen LogP contribution is -2.52. The highest BCUT2D eigenvalue weighted by molar-refractivity contribution is 5.23. The average molecular weight is 238 g/mol. The van der Waals surface area contributed by atoms with E-state index in [0.29, 0.717) is 11.9 Å². The summed E-state index contributed by atoms with van der Waals surface area (Å²) < 4.78 is 7.77. The summed E-state index contributed by atoms with van der Waals surface area (Å²) in [7, 11) is 0. The smallest absolute Gasteiger partial charge is 0.145 e. The molecule has 1 aromatic rings. The summed E-state index contributed by atoms with van der Waals surface area (Å²) in [5, 5.41) is 4.19. The molecule has 1 aliphatic heterocycles. The molecule has 1 aromatic heterocycles. The summed E-state index contributed by atoms with van der Waals surface area (Å²) in [4.78, 5) is 2.42. The second-order valence-electron chi connectivity index (χ2n) is 5.43. The summed E-state index contributed by atoms with van der Waals surface area (Å²) in [6.07, 6.45) is 2.21. The number of anilines is 1. The maximum Gasteiger partial charge on any atom is 0.145 e. The molecule has 0 radical (unpaired) electrons. The molecule has 0 aliphatic carbocycles. The number of nitrogen functional groups attached to an aromatic ring is 1. The second-order valence-corrected chi connectivity index (χ2v) is 5.43. The van der Waals surface area contributed by atoms with Crippen LogP contribution in [0, 0.1) is 0 Å². The molecule has 2 N–H and O–H groups in total. The summed E-state index contributed by atoms with van der Waals surface area (Å²) in [5.41, 5.74) is 5.53. The number of rotatable bonds is 3. The van der Waals surface area contributed by atoms with Gasteiger partial charge in [0.05, 0.1) is 18.2 Å². The number of nitrogens with zero attached hydrogens (tertiary/aromatic N) is 3. The zero-order chi connectivity index (χ0) is 12.5. The molecule has 1 saturated heterocycles. The van der Waals surface area contributed by atoms with Gasteiger partial charge in [0.2, 0.25) is 0 Å². The monoisotopic (exact) mass is 238 g/mol. The Kier molecular flexibility index (Phi) is 3.40. The summed E-state index contributed by atoms with van der Waals surface area (Å²) in [6, 6.07) is 1.83. The van der Waals surface area contributed by atoms with Crippen molar-refractivity contribution >= 4 is 5.82 Å². The van der Waals surface area contributed by atoms with Crippen LogP contribution in [0.2, 0.25) is 0 Å². The van der Waals surface area contributed by atoms with Gasteiger partial charge in [0.15, 0.2) is 0 Å². The second kappa shape index (κ2) is 4.66. The molecule has 1 unspecified atom stereocenters. The van der Waals surface area contributed by atoms with Crippen LogP contribution in [0.3, 0.4) is 0 Å². The van der Waals surface area contributed by atoms with E-state index in [4.69, 9.17) is 10.5 Å². The average Bonchev–Trinajstić information content (AvgIpc) is 2.58. The SMILES string of the molecule is CC1CN(CCn2ccc(N)n2)CC(C)(C)O1. The van der Waals surface area contributed by atoms with Gasteiger partial charge in [-0.1, -0.05) is 0 Å². The van der Waals surface area contributed by atoms with Crippen LogP contribution in [0.15, 0.2) is 12.3 Å². The maximum absolute atomic E-state index is 5.88.